The fourth-order valence-corrected chi connectivity index (χ4v) is 1.49. The zero-order chi connectivity index (χ0) is 11.7. The second kappa shape index (κ2) is 3.77. The third kappa shape index (κ3) is 1.80. The SMILES string of the molecule is Cc1ccc(-c2ccc(O)c(O)c2)cc1O. The number of aryl methyl sites for hydroxylation is 1. The third-order valence-corrected chi connectivity index (χ3v) is 2.52. The molecule has 0 heterocycles. The van der Waals surface area contributed by atoms with Crippen molar-refractivity contribution >= 4 is 0 Å². The number of hydrogen-bond acceptors (Lipinski definition) is 3. The van der Waals surface area contributed by atoms with Gasteiger partial charge in [-0.05, 0) is 41.8 Å². The van der Waals surface area contributed by atoms with Crippen molar-refractivity contribution in [3.63, 3.8) is 0 Å². The van der Waals surface area contributed by atoms with Gasteiger partial charge in [0.1, 0.15) is 5.75 Å². The molecule has 3 N–H and O–H groups in total. The summed E-state index contributed by atoms with van der Waals surface area (Å²) in [7, 11) is 0. The Morgan fingerprint density at radius 3 is 1.81 bits per heavy atom. The van der Waals surface area contributed by atoms with Gasteiger partial charge >= 0.3 is 0 Å². The maximum Gasteiger partial charge on any atom is 0.158 e. The van der Waals surface area contributed by atoms with Gasteiger partial charge in [-0.15, -0.1) is 0 Å². The van der Waals surface area contributed by atoms with Gasteiger partial charge in [0.25, 0.3) is 0 Å². The molecule has 2 rings (SSSR count). The van der Waals surface area contributed by atoms with Crippen LogP contribution in [0.1, 0.15) is 5.56 Å². The minimum atomic E-state index is -0.169. The molecule has 0 radical (unpaired) electrons. The van der Waals surface area contributed by atoms with Crippen molar-refractivity contribution in [2.45, 2.75) is 6.92 Å². The normalized spacial score (nSPS) is 10.3. The van der Waals surface area contributed by atoms with Gasteiger partial charge < -0.3 is 15.3 Å². The molecule has 0 spiro atoms. The van der Waals surface area contributed by atoms with Crippen LogP contribution in [0, 0.1) is 6.92 Å². The Hall–Kier alpha value is -2.16. The minimum absolute atomic E-state index is 0.153. The number of aromatic hydroxyl groups is 3. The number of hydrogen-bond donors (Lipinski definition) is 3. The van der Waals surface area contributed by atoms with Crippen molar-refractivity contribution in [3.05, 3.63) is 42.0 Å². The van der Waals surface area contributed by atoms with Crippen LogP contribution in [0.3, 0.4) is 0 Å². The quantitative estimate of drug-likeness (QED) is 0.642. The maximum absolute atomic E-state index is 9.57. The van der Waals surface area contributed by atoms with Gasteiger partial charge in [0, 0.05) is 0 Å². The Morgan fingerprint density at radius 1 is 0.688 bits per heavy atom. The molecule has 3 nitrogen and oxygen atoms in total. The van der Waals surface area contributed by atoms with Crippen LogP contribution in [-0.4, -0.2) is 15.3 Å². The molecule has 0 bridgehead atoms. The summed E-state index contributed by atoms with van der Waals surface area (Å²) in [6.07, 6.45) is 0. The summed E-state index contributed by atoms with van der Waals surface area (Å²) < 4.78 is 0. The zero-order valence-electron chi connectivity index (χ0n) is 8.81. The summed E-state index contributed by atoms with van der Waals surface area (Å²) in [5.41, 5.74) is 2.33. The molecule has 16 heavy (non-hydrogen) atoms. The number of phenols is 3. The second-order valence-corrected chi connectivity index (χ2v) is 3.70. The lowest BCUT2D eigenvalue weighted by molar-refractivity contribution is 0.404. The standard InChI is InChI=1S/C13H12O3/c1-8-2-3-9(6-12(8)15)10-4-5-11(14)13(16)7-10/h2-7,14-16H,1H3. The smallest absolute Gasteiger partial charge is 0.158 e. The van der Waals surface area contributed by atoms with Crippen molar-refractivity contribution in [2.75, 3.05) is 0 Å². The van der Waals surface area contributed by atoms with Crippen LogP contribution < -0.4 is 0 Å². The lowest BCUT2D eigenvalue weighted by atomic mass is 10.0. The molecule has 82 valence electrons. The Bertz CT molecular complexity index is 483. The van der Waals surface area contributed by atoms with Gasteiger partial charge in [0.15, 0.2) is 11.5 Å². The van der Waals surface area contributed by atoms with Crippen LogP contribution >= 0.6 is 0 Å². The van der Waals surface area contributed by atoms with Crippen molar-refractivity contribution < 1.29 is 15.3 Å². The van der Waals surface area contributed by atoms with E-state index in [1.165, 1.54) is 12.1 Å². The molecule has 3 heteroatoms. The first-order valence-corrected chi connectivity index (χ1v) is 4.90. The molecule has 0 saturated heterocycles. The summed E-state index contributed by atoms with van der Waals surface area (Å²) in [5.74, 6) is -0.109. The van der Waals surface area contributed by atoms with E-state index in [0.717, 1.165) is 16.7 Å². The van der Waals surface area contributed by atoms with Gasteiger partial charge in [0.2, 0.25) is 0 Å². The number of benzene rings is 2. The Balaban J connectivity index is 2.50. The predicted octanol–water partition coefficient (Wildman–Crippen LogP) is 2.78. The summed E-state index contributed by atoms with van der Waals surface area (Å²) in [5, 5.41) is 28.1. The van der Waals surface area contributed by atoms with E-state index >= 15 is 0 Å². The van der Waals surface area contributed by atoms with E-state index in [1.807, 2.05) is 13.0 Å². The molecule has 0 saturated carbocycles. The minimum Gasteiger partial charge on any atom is -0.508 e. The molecule has 0 aromatic heterocycles. The zero-order valence-corrected chi connectivity index (χ0v) is 8.81. The first kappa shape index (κ1) is 10.4. The molecule has 2 aromatic rings. The van der Waals surface area contributed by atoms with E-state index in [1.54, 1.807) is 18.2 Å². The summed E-state index contributed by atoms with van der Waals surface area (Å²) in [4.78, 5) is 0. The van der Waals surface area contributed by atoms with Crippen molar-refractivity contribution in [3.8, 4) is 28.4 Å². The molecule has 2 aromatic carbocycles. The van der Waals surface area contributed by atoms with Crippen LogP contribution in [0.4, 0.5) is 0 Å². The van der Waals surface area contributed by atoms with Crippen LogP contribution in [-0.2, 0) is 0 Å². The van der Waals surface area contributed by atoms with Gasteiger partial charge in [-0.2, -0.15) is 0 Å². The highest BCUT2D eigenvalue weighted by molar-refractivity contribution is 5.68. The van der Waals surface area contributed by atoms with Gasteiger partial charge in [-0.1, -0.05) is 18.2 Å². The monoisotopic (exact) mass is 216 g/mol. The summed E-state index contributed by atoms with van der Waals surface area (Å²) in [6.45, 7) is 1.81. The fourth-order valence-electron chi connectivity index (χ4n) is 1.49. The van der Waals surface area contributed by atoms with E-state index in [2.05, 4.69) is 0 Å². The molecular weight excluding hydrogens is 204 g/mol. The van der Waals surface area contributed by atoms with E-state index < -0.39 is 0 Å². The summed E-state index contributed by atoms with van der Waals surface area (Å²) >= 11 is 0. The lowest BCUT2D eigenvalue weighted by Crippen LogP contribution is -1.80. The van der Waals surface area contributed by atoms with Crippen molar-refractivity contribution in [1.82, 2.24) is 0 Å². The molecule has 0 aliphatic heterocycles. The van der Waals surface area contributed by atoms with Gasteiger partial charge in [-0.25, -0.2) is 0 Å². The van der Waals surface area contributed by atoms with E-state index in [0.29, 0.717) is 0 Å². The van der Waals surface area contributed by atoms with E-state index in [9.17, 15) is 15.3 Å². The van der Waals surface area contributed by atoms with E-state index in [-0.39, 0.29) is 17.2 Å². The molecule has 0 unspecified atom stereocenters. The van der Waals surface area contributed by atoms with Gasteiger partial charge in [0.05, 0.1) is 0 Å². The molecule has 0 fully saturated rings. The molecule has 0 amide bonds. The van der Waals surface area contributed by atoms with Crippen LogP contribution in [0.5, 0.6) is 17.2 Å². The first-order chi connectivity index (χ1) is 7.58. The Labute approximate surface area is 93.2 Å². The Kier molecular flexibility index (Phi) is 2.44. The maximum atomic E-state index is 9.57. The average molecular weight is 216 g/mol. The Morgan fingerprint density at radius 2 is 1.25 bits per heavy atom. The largest absolute Gasteiger partial charge is 0.508 e. The van der Waals surface area contributed by atoms with Gasteiger partial charge in [-0.3, -0.25) is 0 Å². The molecular formula is C13H12O3. The summed E-state index contributed by atoms with van der Waals surface area (Å²) in [6, 6.07) is 9.83. The highest BCUT2D eigenvalue weighted by atomic mass is 16.3. The number of phenolic OH excluding ortho intramolecular Hbond substituents is 3. The molecule has 0 aliphatic rings. The number of rotatable bonds is 1. The van der Waals surface area contributed by atoms with Crippen molar-refractivity contribution in [2.24, 2.45) is 0 Å². The highest BCUT2D eigenvalue weighted by Crippen LogP contribution is 2.32. The molecule has 0 atom stereocenters. The van der Waals surface area contributed by atoms with Crippen LogP contribution in [0.25, 0.3) is 11.1 Å². The van der Waals surface area contributed by atoms with Crippen LogP contribution in [0.15, 0.2) is 36.4 Å². The highest BCUT2D eigenvalue weighted by Gasteiger charge is 2.04. The molecule has 0 aliphatic carbocycles. The fraction of sp³-hybridized carbons (Fsp3) is 0.0769. The second-order valence-electron chi connectivity index (χ2n) is 3.70. The van der Waals surface area contributed by atoms with Crippen molar-refractivity contribution in [1.29, 1.82) is 0 Å². The predicted molar refractivity (Wildman–Crippen MR) is 61.6 cm³/mol. The van der Waals surface area contributed by atoms with E-state index in [4.69, 9.17) is 0 Å². The van der Waals surface area contributed by atoms with Crippen LogP contribution in [0.2, 0.25) is 0 Å². The first-order valence-electron chi connectivity index (χ1n) is 4.90. The average Bonchev–Trinajstić information content (AvgIpc) is 2.26. The topological polar surface area (TPSA) is 60.7 Å². The lowest BCUT2D eigenvalue weighted by Gasteiger charge is -2.06. The third-order valence-electron chi connectivity index (χ3n) is 2.52.